The topological polar surface area (TPSA) is 96.4 Å². The first-order valence-electron chi connectivity index (χ1n) is 14.3. The van der Waals surface area contributed by atoms with E-state index in [1.54, 1.807) is 22.0 Å². The van der Waals surface area contributed by atoms with E-state index >= 15 is 0 Å². The van der Waals surface area contributed by atoms with Crippen molar-refractivity contribution in [2.75, 3.05) is 19.8 Å². The Bertz CT molecular complexity index is 905. The van der Waals surface area contributed by atoms with E-state index in [9.17, 15) is 19.5 Å². The van der Waals surface area contributed by atoms with Crippen molar-refractivity contribution in [2.24, 2.45) is 17.8 Å². The third kappa shape index (κ3) is 5.31. The van der Waals surface area contributed by atoms with Gasteiger partial charge in [-0.2, -0.15) is 0 Å². The van der Waals surface area contributed by atoms with Crippen molar-refractivity contribution < 1.29 is 29.0 Å². The maximum absolute atomic E-state index is 14.5. The van der Waals surface area contributed by atoms with E-state index in [0.29, 0.717) is 32.2 Å². The number of likely N-dealkylation sites (tertiary alicyclic amines) is 1. The van der Waals surface area contributed by atoms with Crippen LogP contribution in [0.2, 0.25) is 0 Å². The van der Waals surface area contributed by atoms with Gasteiger partial charge in [-0.3, -0.25) is 14.4 Å². The first-order chi connectivity index (χ1) is 18.0. The quantitative estimate of drug-likeness (QED) is 0.195. The highest BCUT2D eigenvalue weighted by Crippen LogP contribution is 2.64. The number of amides is 2. The van der Waals surface area contributed by atoms with E-state index < -0.39 is 41.1 Å². The average molecular weight is 533 g/mol. The fourth-order valence-electron chi connectivity index (χ4n) is 7.06. The van der Waals surface area contributed by atoms with Gasteiger partial charge in [-0.05, 0) is 58.3 Å². The maximum atomic E-state index is 14.5. The van der Waals surface area contributed by atoms with Crippen LogP contribution in [0.4, 0.5) is 0 Å². The maximum Gasteiger partial charge on any atom is 0.312 e. The SMILES string of the molecule is C=CCCCOC(=O)[C@H]1[C@H]2C(=O)N([C@@H](CO)CC(C)C)C(C(=O)N(CC=C)C(C)CCC)C23CC[C@]1(C)O3. The van der Waals surface area contributed by atoms with Gasteiger partial charge in [0.1, 0.15) is 17.6 Å². The van der Waals surface area contributed by atoms with Gasteiger partial charge in [-0.1, -0.05) is 39.3 Å². The lowest BCUT2D eigenvalue weighted by Gasteiger charge is -2.41. The molecule has 8 heteroatoms. The van der Waals surface area contributed by atoms with Crippen LogP contribution in [0.25, 0.3) is 0 Å². The summed E-state index contributed by atoms with van der Waals surface area (Å²) in [6.45, 7) is 17.9. The molecule has 1 N–H and O–H groups in total. The smallest absolute Gasteiger partial charge is 0.312 e. The van der Waals surface area contributed by atoms with Gasteiger partial charge < -0.3 is 24.4 Å². The molecule has 3 unspecified atom stereocenters. The lowest BCUT2D eigenvalue weighted by atomic mass is 9.66. The molecular formula is C30H48N2O6. The third-order valence-corrected chi connectivity index (χ3v) is 8.69. The summed E-state index contributed by atoms with van der Waals surface area (Å²) < 4.78 is 12.3. The lowest BCUT2D eigenvalue weighted by Crippen LogP contribution is -2.60. The molecule has 3 aliphatic rings. The van der Waals surface area contributed by atoms with Gasteiger partial charge in [0, 0.05) is 12.6 Å². The third-order valence-electron chi connectivity index (χ3n) is 8.69. The molecule has 7 atom stereocenters. The standard InChI is InChI=1S/C30H48N2O6/c1-8-11-12-17-37-28(36)24-23-26(34)32(22(19-33)18-20(4)5)25(30(23)15-14-29(24,7)38-30)27(35)31(16-10-3)21(6)13-9-2/h8,10,20-25,33H,1,3,9,11-19H2,2,4-7H3/t21?,22-,23+,24-,25?,29+,30?/m1/s1. The van der Waals surface area contributed by atoms with Crippen LogP contribution < -0.4 is 0 Å². The molecule has 0 radical (unpaired) electrons. The molecular weight excluding hydrogens is 484 g/mol. The minimum Gasteiger partial charge on any atom is -0.465 e. The Hall–Kier alpha value is -2.19. The largest absolute Gasteiger partial charge is 0.465 e. The molecule has 38 heavy (non-hydrogen) atoms. The highest BCUT2D eigenvalue weighted by Gasteiger charge is 2.79. The lowest BCUT2D eigenvalue weighted by molar-refractivity contribution is -0.162. The zero-order chi connectivity index (χ0) is 28.3. The molecule has 8 nitrogen and oxygen atoms in total. The summed E-state index contributed by atoms with van der Waals surface area (Å²) in [4.78, 5) is 45.6. The summed E-state index contributed by atoms with van der Waals surface area (Å²) in [5.74, 6) is -2.37. The Morgan fingerprint density at radius 1 is 1.26 bits per heavy atom. The molecule has 0 aromatic rings. The number of rotatable bonds is 15. The van der Waals surface area contributed by atoms with Crippen LogP contribution >= 0.6 is 0 Å². The highest BCUT2D eigenvalue weighted by atomic mass is 16.6. The Kier molecular flexibility index (Phi) is 9.85. The van der Waals surface area contributed by atoms with Gasteiger partial charge in [-0.15, -0.1) is 13.2 Å². The number of hydrogen-bond donors (Lipinski definition) is 1. The minimum absolute atomic E-state index is 0.0598. The molecule has 214 valence electrons. The van der Waals surface area contributed by atoms with Crippen LogP contribution in [-0.2, 0) is 23.9 Å². The number of aliphatic hydroxyl groups is 1. The number of carbonyl (C=O) groups excluding carboxylic acids is 3. The first-order valence-corrected chi connectivity index (χ1v) is 14.3. The number of hydrogen-bond acceptors (Lipinski definition) is 6. The molecule has 3 rings (SSSR count). The second-order valence-electron chi connectivity index (χ2n) is 12.0. The number of unbranched alkanes of at least 4 members (excludes halogenated alkanes) is 1. The Morgan fingerprint density at radius 3 is 2.55 bits per heavy atom. The van der Waals surface area contributed by atoms with Gasteiger partial charge in [0.15, 0.2) is 0 Å². The van der Waals surface area contributed by atoms with E-state index in [1.165, 1.54) is 0 Å². The van der Waals surface area contributed by atoms with E-state index in [0.717, 1.165) is 19.3 Å². The summed E-state index contributed by atoms with van der Waals surface area (Å²) >= 11 is 0. The summed E-state index contributed by atoms with van der Waals surface area (Å²) in [5, 5.41) is 10.4. The van der Waals surface area contributed by atoms with Crippen LogP contribution in [-0.4, -0.2) is 81.8 Å². The molecule has 3 fully saturated rings. The monoisotopic (exact) mass is 532 g/mol. The Balaban J connectivity index is 2.07. The van der Waals surface area contributed by atoms with Crippen molar-refractivity contribution in [3.8, 4) is 0 Å². The van der Waals surface area contributed by atoms with E-state index in [2.05, 4.69) is 20.1 Å². The molecule has 1 spiro atoms. The van der Waals surface area contributed by atoms with Gasteiger partial charge in [0.25, 0.3) is 0 Å². The highest BCUT2D eigenvalue weighted by molar-refractivity contribution is 5.98. The predicted molar refractivity (Wildman–Crippen MR) is 146 cm³/mol. The number of allylic oxidation sites excluding steroid dienone is 1. The fraction of sp³-hybridized carbons (Fsp3) is 0.767. The molecule has 0 saturated carbocycles. The van der Waals surface area contributed by atoms with Crippen molar-refractivity contribution in [2.45, 2.75) is 109 Å². The zero-order valence-corrected chi connectivity index (χ0v) is 24.0. The van der Waals surface area contributed by atoms with Crippen LogP contribution in [0.15, 0.2) is 25.3 Å². The summed E-state index contributed by atoms with van der Waals surface area (Å²) in [6, 6.07) is -1.53. The minimum atomic E-state index is -1.14. The number of aliphatic hydroxyl groups excluding tert-OH is 1. The first kappa shape index (κ1) is 30.4. The van der Waals surface area contributed by atoms with E-state index in [-0.39, 0.29) is 37.0 Å². The number of ether oxygens (including phenoxy) is 2. The van der Waals surface area contributed by atoms with E-state index in [4.69, 9.17) is 9.47 Å². The van der Waals surface area contributed by atoms with Gasteiger partial charge in [0.05, 0.1) is 30.8 Å². The van der Waals surface area contributed by atoms with Crippen molar-refractivity contribution in [3.05, 3.63) is 25.3 Å². The van der Waals surface area contributed by atoms with E-state index in [1.807, 2.05) is 27.7 Å². The number of carbonyl (C=O) groups is 3. The molecule has 3 aliphatic heterocycles. The van der Waals surface area contributed by atoms with Crippen molar-refractivity contribution in [1.82, 2.24) is 9.80 Å². The molecule has 0 aliphatic carbocycles. The summed E-state index contributed by atoms with van der Waals surface area (Å²) in [5.41, 5.74) is -2.02. The molecule has 2 amide bonds. The van der Waals surface area contributed by atoms with Crippen molar-refractivity contribution in [3.63, 3.8) is 0 Å². The van der Waals surface area contributed by atoms with Crippen LogP contribution in [0, 0.1) is 17.8 Å². The van der Waals surface area contributed by atoms with Crippen LogP contribution in [0.5, 0.6) is 0 Å². The zero-order valence-electron chi connectivity index (χ0n) is 24.0. The van der Waals surface area contributed by atoms with Crippen molar-refractivity contribution >= 4 is 17.8 Å². The molecule has 2 bridgehead atoms. The average Bonchev–Trinajstić information content (AvgIpc) is 3.44. The summed E-state index contributed by atoms with van der Waals surface area (Å²) in [7, 11) is 0. The normalized spacial score (nSPS) is 31.3. The molecule has 0 aromatic heterocycles. The van der Waals surface area contributed by atoms with Crippen LogP contribution in [0.3, 0.4) is 0 Å². The second kappa shape index (κ2) is 12.3. The molecule has 3 heterocycles. The predicted octanol–water partition coefficient (Wildman–Crippen LogP) is 3.87. The van der Waals surface area contributed by atoms with Crippen molar-refractivity contribution in [1.29, 1.82) is 0 Å². The van der Waals surface area contributed by atoms with Gasteiger partial charge in [-0.25, -0.2) is 0 Å². The molecule has 3 saturated heterocycles. The number of fused-ring (bicyclic) bond motifs is 1. The Labute approximate surface area is 228 Å². The molecule has 0 aromatic carbocycles. The number of nitrogens with zero attached hydrogens (tertiary/aromatic N) is 2. The Morgan fingerprint density at radius 2 is 1.97 bits per heavy atom. The number of esters is 1. The fourth-order valence-corrected chi connectivity index (χ4v) is 7.06. The second-order valence-corrected chi connectivity index (χ2v) is 12.0. The van der Waals surface area contributed by atoms with Crippen LogP contribution in [0.1, 0.15) is 79.6 Å². The summed E-state index contributed by atoms with van der Waals surface area (Å²) in [6.07, 6.45) is 8.17. The van der Waals surface area contributed by atoms with Gasteiger partial charge >= 0.3 is 5.97 Å². The van der Waals surface area contributed by atoms with Gasteiger partial charge in [0.2, 0.25) is 11.8 Å².